The van der Waals surface area contributed by atoms with Crippen molar-refractivity contribution in [3.63, 3.8) is 0 Å². The number of hydroxylamine groups is 1. The highest BCUT2D eigenvalue weighted by Gasteiger charge is 2.05. The van der Waals surface area contributed by atoms with Crippen molar-refractivity contribution in [2.24, 2.45) is 0 Å². The van der Waals surface area contributed by atoms with Crippen LogP contribution in [0.15, 0.2) is 24.3 Å². The van der Waals surface area contributed by atoms with Crippen molar-refractivity contribution < 1.29 is 19.5 Å². The van der Waals surface area contributed by atoms with Crippen LogP contribution in [0.2, 0.25) is 0 Å². The number of hydrogen-bond donors (Lipinski definition) is 2. The Bertz CT molecular complexity index is 403. The first-order chi connectivity index (χ1) is 8.09. The average molecular weight is 237 g/mol. The van der Waals surface area contributed by atoms with Crippen LogP contribution in [0.4, 0.5) is 0 Å². The summed E-state index contributed by atoms with van der Waals surface area (Å²) in [4.78, 5) is 25.9. The Kier molecular flexibility index (Phi) is 5.16. The van der Waals surface area contributed by atoms with Gasteiger partial charge in [-0.1, -0.05) is 24.3 Å². The second-order valence-corrected chi connectivity index (χ2v) is 3.63. The van der Waals surface area contributed by atoms with Crippen LogP contribution in [0.1, 0.15) is 17.5 Å². The van der Waals surface area contributed by atoms with Crippen LogP contribution in [0.5, 0.6) is 0 Å². The van der Waals surface area contributed by atoms with E-state index in [4.69, 9.17) is 5.11 Å². The first-order valence-electron chi connectivity index (χ1n) is 5.26. The van der Waals surface area contributed by atoms with Gasteiger partial charge in [-0.2, -0.15) is 0 Å². The van der Waals surface area contributed by atoms with E-state index >= 15 is 0 Å². The highest BCUT2D eigenvalue weighted by Crippen LogP contribution is 2.09. The van der Waals surface area contributed by atoms with Crippen molar-refractivity contribution in [3.05, 3.63) is 35.4 Å². The third kappa shape index (κ3) is 5.12. The number of aryl methyl sites for hydroxylation is 2. The zero-order chi connectivity index (χ0) is 12.7. The second kappa shape index (κ2) is 6.65. The molecule has 5 nitrogen and oxygen atoms in total. The van der Waals surface area contributed by atoms with E-state index in [0.29, 0.717) is 6.42 Å². The van der Waals surface area contributed by atoms with Crippen LogP contribution in [0.3, 0.4) is 0 Å². The fourth-order valence-corrected chi connectivity index (χ4v) is 1.37. The van der Waals surface area contributed by atoms with Gasteiger partial charge in [0.2, 0.25) is 5.91 Å². The Morgan fingerprint density at radius 1 is 1.35 bits per heavy atom. The topological polar surface area (TPSA) is 75.6 Å². The van der Waals surface area contributed by atoms with Crippen molar-refractivity contribution in [2.75, 3.05) is 6.61 Å². The van der Waals surface area contributed by atoms with Gasteiger partial charge in [-0.3, -0.25) is 9.63 Å². The van der Waals surface area contributed by atoms with Gasteiger partial charge in [0.15, 0.2) is 6.61 Å². The summed E-state index contributed by atoms with van der Waals surface area (Å²) in [6.45, 7) is 1.45. The first kappa shape index (κ1) is 13.2. The molecule has 0 aliphatic rings. The Morgan fingerprint density at radius 3 is 2.71 bits per heavy atom. The molecular formula is C12H15NO4. The van der Waals surface area contributed by atoms with E-state index in [-0.39, 0.29) is 12.3 Å². The lowest BCUT2D eigenvalue weighted by Crippen LogP contribution is -2.26. The molecule has 1 amide bonds. The summed E-state index contributed by atoms with van der Waals surface area (Å²) in [6, 6.07) is 7.80. The zero-order valence-corrected chi connectivity index (χ0v) is 9.60. The summed E-state index contributed by atoms with van der Waals surface area (Å²) in [5, 5.41) is 8.29. The highest BCUT2D eigenvalue weighted by molar-refractivity contribution is 5.75. The van der Waals surface area contributed by atoms with Gasteiger partial charge in [0.1, 0.15) is 0 Å². The van der Waals surface area contributed by atoms with Crippen LogP contribution >= 0.6 is 0 Å². The molecule has 0 unspecified atom stereocenters. The molecule has 0 aliphatic heterocycles. The van der Waals surface area contributed by atoms with Gasteiger partial charge in [-0.15, -0.1) is 0 Å². The van der Waals surface area contributed by atoms with Gasteiger partial charge < -0.3 is 5.11 Å². The average Bonchev–Trinajstić information content (AvgIpc) is 2.27. The van der Waals surface area contributed by atoms with E-state index < -0.39 is 12.6 Å². The van der Waals surface area contributed by atoms with Crippen molar-refractivity contribution >= 4 is 11.9 Å². The molecule has 0 aliphatic carbocycles. The number of nitrogens with one attached hydrogen (secondary N) is 1. The first-order valence-corrected chi connectivity index (χ1v) is 5.26. The summed E-state index contributed by atoms with van der Waals surface area (Å²) in [7, 11) is 0. The smallest absolute Gasteiger partial charge is 0.332 e. The maximum atomic E-state index is 11.3. The number of rotatable bonds is 6. The third-order valence-electron chi connectivity index (χ3n) is 2.26. The quantitative estimate of drug-likeness (QED) is 0.725. The van der Waals surface area contributed by atoms with Crippen molar-refractivity contribution in [1.29, 1.82) is 0 Å². The lowest BCUT2D eigenvalue weighted by atomic mass is 10.0. The minimum absolute atomic E-state index is 0.268. The molecule has 0 fully saturated rings. The number of amides is 1. The summed E-state index contributed by atoms with van der Waals surface area (Å²) in [5.74, 6) is -1.45. The lowest BCUT2D eigenvalue weighted by Gasteiger charge is -2.06. The van der Waals surface area contributed by atoms with Gasteiger partial charge >= 0.3 is 5.97 Å². The third-order valence-corrected chi connectivity index (χ3v) is 2.26. The molecule has 92 valence electrons. The summed E-state index contributed by atoms with van der Waals surface area (Å²) >= 11 is 0. The maximum absolute atomic E-state index is 11.3. The van der Waals surface area contributed by atoms with Gasteiger partial charge in [0, 0.05) is 6.42 Å². The number of benzene rings is 1. The second-order valence-electron chi connectivity index (χ2n) is 3.63. The van der Waals surface area contributed by atoms with Gasteiger partial charge in [0.25, 0.3) is 0 Å². The highest BCUT2D eigenvalue weighted by atomic mass is 16.7. The molecule has 1 aromatic carbocycles. The van der Waals surface area contributed by atoms with Gasteiger partial charge in [-0.25, -0.2) is 10.3 Å². The Balaban J connectivity index is 2.29. The number of hydrogen-bond acceptors (Lipinski definition) is 3. The molecule has 0 aromatic heterocycles. The standard InChI is InChI=1S/C12H15NO4/c1-9-4-2-3-5-10(9)6-7-11(14)13-17-8-12(15)16/h2-5H,6-8H2,1H3,(H,13,14)(H,15,16). The molecule has 2 N–H and O–H groups in total. The zero-order valence-electron chi connectivity index (χ0n) is 9.60. The molecule has 0 atom stereocenters. The van der Waals surface area contributed by atoms with Crippen molar-refractivity contribution in [3.8, 4) is 0 Å². The largest absolute Gasteiger partial charge is 0.479 e. The van der Waals surface area contributed by atoms with Gasteiger partial charge in [0.05, 0.1) is 0 Å². The van der Waals surface area contributed by atoms with Crippen molar-refractivity contribution in [1.82, 2.24) is 5.48 Å². The summed E-state index contributed by atoms with van der Waals surface area (Å²) in [5.41, 5.74) is 4.31. The Labute approximate surface area is 99.4 Å². The predicted molar refractivity (Wildman–Crippen MR) is 61.2 cm³/mol. The van der Waals surface area contributed by atoms with Crippen LogP contribution < -0.4 is 5.48 Å². The molecule has 1 aromatic rings. The normalized spacial score (nSPS) is 9.94. The van der Waals surface area contributed by atoms with E-state index in [0.717, 1.165) is 11.1 Å². The van der Waals surface area contributed by atoms with Crippen LogP contribution in [-0.2, 0) is 20.8 Å². The number of aliphatic carboxylic acids is 1. The van der Waals surface area contributed by atoms with E-state index in [9.17, 15) is 9.59 Å². The number of carbonyl (C=O) groups excluding carboxylic acids is 1. The molecule has 5 heteroatoms. The fourth-order valence-electron chi connectivity index (χ4n) is 1.37. The maximum Gasteiger partial charge on any atom is 0.332 e. The molecule has 17 heavy (non-hydrogen) atoms. The minimum atomic E-state index is -1.12. The molecule has 0 radical (unpaired) electrons. The molecule has 0 bridgehead atoms. The van der Waals surface area contributed by atoms with Gasteiger partial charge in [-0.05, 0) is 24.5 Å². The van der Waals surface area contributed by atoms with E-state index in [1.165, 1.54) is 0 Å². The summed E-state index contributed by atoms with van der Waals surface area (Å²) < 4.78 is 0. The molecule has 0 spiro atoms. The Hall–Kier alpha value is -1.88. The number of carboxylic acid groups (broad SMARTS) is 1. The van der Waals surface area contributed by atoms with Crippen LogP contribution in [0.25, 0.3) is 0 Å². The lowest BCUT2D eigenvalue weighted by molar-refractivity contribution is -0.149. The predicted octanol–water partition coefficient (Wildman–Crippen LogP) is 1.06. The molecule has 0 saturated heterocycles. The van der Waals surface area contributed by atoms with Crippen molar-refractivity contribution in [2.45, 2.75) is 19.8 Å². The van der Waals surface area contributed by atoms with Crippen LogP contribution in [0, 0.1) is 6.92 Å². The molecule has 0 heterocycles. The van der Waals surface area contributed by atoms with E-state index in [1.54, 1.807) is 0 Å². The molecule has 1 rings (SSSR count). The number of carboxylic acids is 1. The monoisotopic (exact) mass is 237 g/mol. The SMILES string of the molecule is Cc1ccccc1CCC(=O)NOCC(=O)O. The molecular weight excluding hydrogens is 222 g/mol. The summed E-state index contributed by atoms with van der Waals surface area (Å²) in [6.07, 6.45) is 0.874. The minimum Gasteiger partial charge on any atom is -0.479 e. The van der Waals surface area contributed by atoms with Crippen LogP contribution in [-0.4, -0.2) is 23.6 Å². The van der Waals surface area contributed by atoms with E-state index in [1.807, 2.05) is 31.2 Å². The molecule has 0 saturated carbocycles. The Morgan fingerprint density at radius 2 is 2.06 bits per heavy atom. The number of carbonyl (C=O) groups is 2. The van der Waals surface area contributed by atoms with E-state index in [2.05, 4.69) is 10.3 Å². The fraction of sp³-hybridized carbons (Fsp3) is 0.333.